The lowest BCUT2D eigenvalue weighted by atomic mass is 10.1. The minimum absolute atomic E-state index is 0.267. The maximum absolute atomic E-state index is 13.3. The van der Waals surface area contributed by atoms with Crippen molar-refractivity contribution in [1.82, 2.24) is 9.97 Å². The molecule has 5 nitrogen and oxygen atoms in total. The average Bonchev–Trinajstić information content (AvgIpc) is 3.12. The van der Waals surface area contributed by atoms with Crippen molar-refractivity contribution in [2.75, 3.05) is 11.2 Å². The van der Waals surface area contributed by atoms with Gasteiger partial charge in [-0.25, -0.2) is 14.4 Å². The first-order valence-electron chi connectivity index (χ1n) is 8.26. The van der Waals surface area contributed by atoms with E-state index in [1.807, 2.05) is 36.6 Å². The van der Waals surface area contributed by atoms with Gasteiger partial charge in [-0.05, 0) is 42.3 Å². The van der Waals surface area contributed by atoms with Gasteiger partial charge < -0.3 is 5.73 Å². The first kappa shape index (κ1) is 17.1. The fraction of sp³-hybridized carbons (Fsp3) is 0.0500. The summed E-state index contributed by atoms with van der Waals surface area (Å²) in [5.41, 5.74) is 13.1. The van der Waals surface area contributed by atoms with Crippen LogP contribution in [0.4, 0.5) is 15.9 Å². The molecule has 0 aliphatic carbocycles. The van der Waals surface area contributed by atoms with Crippen LogP contribution >= 0.6 is 11.3 Å². The number of nitrogen functional groups attached to an aromatic ring is 1. The molecule has 4 rings (SSSR count). The second-order valence-electron chi connectivity index (χ2n) is 5.99. The van der Waals surface area contributed by atoms with Crippen molar-refractivity contribution in [3.8, 4) is 11.1 Å². The fourth-order valence-electron chi connectivity index (χ4n) is 2.73. The van der Waals surface area contributed by atoms with Crippen LogP contribution in [0.2, 0.25) is 0 Å². The zero-order valence-electron chi connectivity index (χ0n) is 14.5. The molecule has 0 saturated heterocycles. The summed E-state index contributed by atoms with van der Waals surface area (Å²) in [7, 11) is 0. The molecule has 2 aromatic carbocycles. The molecule has 0 unspecified atom stereocenters. The third-order valence-corrected chi connectivity index (χ3v) is 5.07. The number of halogens is 1. The Hall–Kier alpha value is -3.32. The average molecular weight is 377 g/mol. The largest absolute Gasteiger partial charge is 0.399 e. The number of fused-ring (bicyclic) bond motifs is 1. The van der Waals surface area contributed by atoms with Gasteiger partial charge in [-0.3, -0.25) is 5.43 Å². The van der Waals surface area contributed by atoms with E-state index in [1.165, 1.54) is 29.8 Å². The van der Waals surface area contributed by atoms with Crippen LogP contribution in [0, 0.1) is 5.82 Å². The molecule has 7 heteroatoms. The van der Waals surface area contributed by atoms with E-state index in [-0.39, 0.29) is 5.82 Å². The third kappa shape index (κ3) is 3.50. The van der Waals surface area contributed by atoms with Crippen molar-refractivity contribution < 1.29 is 4.39 Å². The maximum atomic E-state index is 13.3. The first-order chi connectivity index (χ1) is 13.1. The molecule has 0 saturated carbocycles. The van der Waals surface area contributed by atoms with E-state index in [0.29, 0.717) is 11.5 Å². The summed E-state index contributed by atoms with van der Waals surface area (Å²) >= 11 is 1.51. The molecule has 2 heterocycles. The number of nitrogens with zero attached hydrogens (tertiary/aromatic N) is 3. The van der Waals surface area contributed by atoms with Gasteiger partial charge in [0.1, 0.15) is 17.0 Å². The van der Waals surface area contributed by atoms with E-state index in [4.69, 9.17) is 5.73 Å². The third-order valence-electron chi connectivity index (χ3n) is 4.18. The number of aromatic nitrogens is 2. The highest BCUT2D eigenvalue weighted by Crippen LogP contribution is 2.36. The summed E-state index contributed by atoms with van der Waals surface area (Å²) in [6.07, 6.45) is 1.50. The molecule has 0 spiro atoms. The highest BCUT2D eigenvalue weighted by molar-refractivity contribution is 7.17. The number of thiophene rings is 1. The van der Waals surface area contributed by atoms with Crippen LogP contribution in [0.5, 0.6) is 0 Å². The van der Waals surface area contributed by atoms with Crippen LogP contribution in [0.15, 0.2) is 65.3 Å². The zero-order valence-corrected chi connectivity index (χ0v) is 15.3. The van der Waals surface area contributed by atoms with Gasteiger partial charge in [-0.15, -0.1) is 11.3 Å². The van der Waals surface area contributed by atoms with Gasteiger partial charge in [-0.1, -0.05) is 24.3 Å². The van der Waals surface area contributed by atoms with Crippen LogP contribution in [-0.4, -0.2) is 15.7 Å². The number of hydrazone groups is 1. The first-order valence-corrected chi connectivity index (χ1v) is 9.14. The lowest BCUT2D eigenvalue weighted by Crippen LogP contribution is -2.01. The molecule has 0 bridgehead atoms. The Labute approximate surface area is 159 Å². The Morgan fingerprint density at radius 2 is 1.81 bits per heavy atom. The normalized spacial score (nSPS) is 11.7. The molecule has 0 radical (unpaired) electrons. The van der Waals surface area contributed by atoms with E-state index < -0.39 is 0 Å². The summed E-state index contributed by atoms with van der Waals surface area (Å²) in [5, 5.41) is 7.31. The molecular formula is C20H16FN5S. The SMILES string of the molecule is C/C(=N/Nc1ncnc2scc(-c3ccc(F)cc3)c12)c1ccc(N)cc1. The molecule has 0 aliphatic heterocycles. The van der Waals surface area contributed by atoms with E-state index in [1.54, 1.807) is 12.1 Å². The number of benzene rings is 2. The lowest BCUT2D eigenvalue weighted by Gasteiger charge is -2.06. The fourth-order valence-corrected chi connectivity index (χ4v) is 3.64. The van der Waals surface area contributed by atoms with E-state index in [2.05, 4.69) is 20.5 Å². The lowest BCUT2D eigenvalue weighted by molar-refractivity contribution is 0.628. The molecule has 0 amide bonds. The van der Waals surface area contributed by atoms with Crippen molar-refractivity contribution in [2.45, 2.75) is 6.92 Å². The van der Waals surface area contributed by atoms with Gasteiger partial charge in [0.2, 0.25) is 0 Å². The number of hydrogen-bond donors (Lipinski definition) is 2. The molecule has 0 aliphatic rings. The van der Waals surface area contributed by atoms with Gasteiger partial charge in [0.15, 0.2) is 5.82 Å². The van der Waals surface area contributed by atoms with Crippen molar-refractivity contribution in [2.24, 2.45) is 5.10 Å². The van der Waals surface area contributed by atoms with Crippen LogP contribution in [0.25, 0.3) is 21.3 Å². The van der Waals surface area contributed by atoms with E-state index >= 15 is 0 Å². The smallest absolute Gasteiger partial charge is 0.159 e. The molecule has 0 atom stereocenters. The number of hydrogen-bond acceptors (Lipinski definition) is 6. The molecular weight excluding hydrogens is 361 g/mol. The maximum Gasteiger partial charge on any atom is 0.159 e. The topological polar surface area (TPSA) is 76.2 Å². The number of nitrogens with two attached hydrogens (primary N) is 1. The second kappa shape index (κ2) is 7.13. The predicted octanol–water partition coefficient (Wildman–Crippen LogP) is 4.92. The quantitative estimate of drug-likeness (QED) is 0.301. The van der Waals surface area contributed by atoms with Crippen molar-refractivity contribution in [1.29, 1.82) is 0 Å². The highest BCUT2D eigenvalue weighted by atomic mass is 32.1. The Kier molecular flexibility index (Phi) is 4.52. The summed E-state index contributed by atoms with van der Waals surface area (Å²) in [5.74, 6) is 0.340. The molecule has 3 N–H and O–H groups in total. The van der Waals surface area contributed by atoms with Crippen molar-refractivity contribution in [3.63, 3.8) is 0 Å². The van der Waals surface area contributed by atoms with Crippen LogP contribution in [-0.2, 0) is 0 Å². The number of rotatable bonds is 4. The minimum Gasteiger partial charge on any atom is -0.399 e. The zero-order chi connectivity index (χ0) is 18.8. The molecule has 134 valence electrons. The molecule has 0 fully saturated rings. The van der Waals surface area contributed by atoms with Gasteiger partial charge >= 0.3 is 0 Å². The Balaban J connectivity index is 1.71. The van der Waals surface area contributed by atoms with Crippen LogP contribution < -0.4 is 11.2 Å². The highest BCUT2D eigenvalue weighted by Gasteiger charge is 2.13. The van der Waals surface area contributed by atoms with Crippen LogP contribution in [0.3, 0.4) is 0 Å². The van der Waals surface area contributed by atoms with Gasteiger partial charge in [0.05, 0.1) is 11.1 Å². The Morgan fingerprint density at radius 3 is 2.56 bits per heavy atom. The van der Waals surface area contributed by atoms with Crippen molar-refractivity contribution >= 4 is 38.8 Å². The van der Waals surface area contributed by atoms with Gasteiger partial charge in [0.25, 0.3) is 0 Å². The standard InChI is InChI=1S/C20H16FN5S/c1-12(13-4-8-16(22)9-5-13)25-26-19-18-17(10-27-20(18)24-11-23-19)14-2-6-15(21)7-3-14/h2-11H,22H2,1H3,(H,23,24,26)/b25-12-. The van der Waals surface area contributed by atoms with E-state index in [0.717, 1.165) is 32.6 Å². The van der Waals surface area contributed by atoms with Gasteiger partial charge in [0, 0.05) is 16.6 Å². The summed E-state index contributed by atoms with van der Waals surface area (Å²) in [4.78, 5) is 9.52. The van der Waals surface area contributed by atoms with Crippen LogP contribution in [0.1, 0.15) is 12.5 Å². The monoisotopic (exact) mass is 377 g/mol. The summed E-state index contributed by atoms with van der Waals surface area (Å²) < 4.78 is 13.3. The van der Waals surface area contributed by atoms with E-state index in [9.17, 15) is 4.39 Å². The summed E-state index contributed by atoms with van der Waals surface area (Å²) in [6.45, 7) is 1.91. The van der Waals surface area contributed by atoms with Gasteiger partial charge in [-0.2, -0.15) is 5.10 Å². The Morgan fingerprint density at radius 1 is 1.07 bits per heavy atom. The Bertz CT molecular complexity index is 1120. The summed E-state index contributed by atoms with van der Waals surface area (Å²) in [6, 6.07) is 13.9. The molecule has 4 aromatic rings. The second-order valence-corrected chi connectivity index (χ2v) is 6.85. The molecule has 2 aromatic heterocycles. The number of nitrogens with one attached hydrogen (secondary N) is 1. The minimum atomic E-state index is -0.267. The predicted molar refractivity (Wildman–Crippen MR) is 109 cm³/mol. The number of anilines is 2. The van der Waals surface area contributed by atoms with Crippen molar-refractivity contribution in [3.05, 3.63) is 71.6 Å². The molecule has 27 heavy (non-hydrogen) atoms.